The first-order chi connectivity index (χ1) is 11.5. The van der Waals surface area contributed by atoms with Crippen LogP contribution in [0.15, 0.2) is 28.8 Å². The summed E-state index contributed by atoms with van der Waals surface area (Å²) in [5, 5.41) is 6.67. The zero-order chi connectivity index (χ0) is 17.1. The van der Waals surface area contributed by atoms with Gasteiger partial charge in [0, 0.05) is 5.56 Å². The van der Waals surface area contributed by atoms with Crippen molar-refractivity contribution in [1.82, 2.24) is 20.4 Å². The molecule has 0 spiro atoms. The third kappa shape index (κ3) is 3.53. The molecule has 1 fully saturated rings. The molecule has 8 nitrogen and oxygen atoms in total. The van der Waals surface area contributed by atoms with Crippen molar-refractivity contribution in [2.45, 2.75) is 19.9 Å². The van der Waals surface area contributed by atoms with Crippen molar-refractivity contribution in [3.63, 3.8) is 0 Å². The van der Waals surface area contributed by atoms with E-state index in [1.807, 2.05) is 31.2 Å². The first-order valence-electron chi connectivity index (χ1n) is 7.64. The lowest BCUT2D eigenvalue weighted by atomic mass is 10.1. The van der Waals surface area contributed by atoms with Gasteiger partial charge in [0.2, 0.25) is 17.6 Å². The Morgan fingerprint density at radius 1 is 1.38 bits per heavy atom. The van der Waals surface area contributed by atoms with E-state index in [0.29, 0.717) is 24.9 Å². The summed E-state index contributed by atoms with van der Waals surface area (Å²) in [5.74, 6) is 0.466. The molecule has 0 bridgehead atoms. The highest BCUT2D eigenvalue weighted by Crippen LogP contribution is 2.19. The van der Waals surface area contributed by atoms with Gasteiger partial charge in [0.1, 0.15) is 19.2 Å². The fourth-order valence-electron chi connectivity index (χ4n) is 2.32. The summed E-state index contributed by atoms with van der Waals surface area (Å²) in [5.41, 5.74) is 1.98. The molecule has 1 aliphatic rings. The molecule has 0 unspecified atom stereocenters. The second-order valence-electron chi connectivity index (χ2n) is 5.65. The third-order valence-electron chi connectivity index (χ3n) is 3.68. The van der Waals surface area contributed by atoms with Crippen LogP contribution in [0.4, 0.5) is 4.79 Å². The normalized spacial score (nSPS) is 15.2. The molecular weight excluding hydrogens is 312 g/mol. The Bertz CT molecular complexity index is 741. The topological polar surface area (TPSA) is 97.6 Å². The van der Waals surface area contributed by atoms with E-state index in [4.69, 9.17) is 9.26 Å². The third-order valence-corrected chi connectivity index (χ3v) is 3.68. The first kappa shape index (κ1) is 16.0. The van der Waals surface area contributed by atoms with Crippen LogP contribution in [-0.4, -0.2) is 46.7 Å². The van der Waals surface area contributed by atoms with Gasteiger partial charge in [0.15, 0.2) is 0 Å². The molecule has 0 saturated carbocycles. The predicted octanol–water partition coefficient (Wildman–Crippen LogP) is 1.67. The van der Waals surface area contributed by atoms with E-state index in [9.17, 15) is 9.59 Å². The quantitative estimate of drug-likeness (QED) is 0.895. The lowest BCUT2D eigenvalue weighted by Crippen LogP contribution is -2.38. The van der Waals surface area contributed by atoms with Gasteiger partial charge >= 0.3 is 6.09 Å². The number of amides is 2. The molecule has 1 aliphatic heterocycles. The van der Waals surface area contributed by atoms with E-state index in [2.05, 4.69) is 15.5 Å². The number of ether oxygens (including phenoxy) is 1. The van der Waals surface area contributed by atoms with E-state index < -0.39 is 12.1 Å². The van der Waals surface area contributed by atoms with Crippen LogP contribution in [-0.2, 0) is 9.53 Å². The predicted molar refractivity (Wildman–Crippen MR) is 83.9 cm³/mol. The summed E-state index contributed by atoms with van der Waals surface area (Å²) in [6.45, 7) is 4.41. The largest absolute Gasteiger partial charge is 0.448 e. The highest BCUT2D eigenvalue weighted by atomic mass is 16.6. The van der Waals surface area contributed by atoms with E-state index in [1.54, 1.807) is 6.92 Å². The van der Waals surface area contributed by atoms with Crippen molar-refractivity contribution in [3.05, 3.63) is 35.7 Å². The number of rotatable bonds is 5. The molecule has 1 atom stereocenters. The Morgan fingerprint density at radius 2 is 2.12 bits per heavy atom. The Hall–Kier alpha value is -2.90. The Kier molecular flexibility index (Phi) is 4.45. The van der Waals surface area contributed by atoms with Crippen molar-refractivity contribution in [1.29, 1.82) is 0 Å². The lowest BCUT2D eigenvalue weighted by Gasteiger charge is -2.14. The van der Waals surface area contributed by atoms with Crippen molar-refractivity contribution in [3.8, 4) is 11.4 Å². The maximum atomic E-state index is 12.0. The maximum Gasteiger partial charge on any atom is 0.410 e. The fourth-order valence-corrected chi connectivity index (χ4v) is 2.32. The minimum atomic E-state index is -0.475. The van der Waals surface area contributed by atoms with Gasteiger partial charge in [-0.15, -0.1) is 0 Å². The van der Waals surface area contributed by atoms with Gasteiger partial charge < -0.3 is 14.6 Å². The molecule has 0 radical (unpaired) electrons. The average Bonchev–Trinajstić information content (AvgIpc) is 3.18. The van der Waals surface area contributed by atoms with E-state index in [0.717, 1.165) is 11.1 Å². The van der Waals surface area contributed by atoms with Crippen molar-refractivity contribution in [2.24, 2.45) is 0 Å². The van der Waals surface area contributed by atoms with E-state index >= 15 is 0 Å². The summed E-state index contributed by atoms with van der Waals surface area (Å²) < 4.78 is 10.0. The van der Waals surface area contributed by atoms with Crippen molar-refractivity contribution < 1.29 is 18.8 Å². The average molecular weight is 330 g/mol. The Balaban J connectivity index is 1.61. The molecule has 2 heterocycles. The number of aromatic nitrogens is 2. The molecule has 0 aliphatic carbocycles. The molecule has 24 heavy (non-hydrogen) atoms. The standard InChI is InChI=1S/C16H18N4O4/c1-10-3-5-12(6-4-10)14-18-15(24-19-14)11(2)17-13(21)9-20-7-8-23-16(20)22/h3-6,11H,7-9H2,1-2H3,(H,17,21)/t11-/m1/s1. The van der Waals surface area contributed by atoms with E-state index in [-0.39, 0.29) is 12.5 Å². The number of nitrogens with one attached hydrogen (secondary N) is 1. The lowest BCUT2D eigenvalue weighted by molar-refractivity contribution is -0.122. The number of nitrogens with zero attached hydrogens (tertiary/aromatic N) is 3. The molecule has 126 valence electrons. The minimum Gasteiger partial charge on any atom is -0.448 e. The van der Waals surface area contributed by atoms with Gasteiger partial charge in [0.25, 0.3) is 0 Å². The number of cyclic esters (lactones) is 1. The molecule has 1 saturated heterocycles. The number of carbonyl (C=O) groups is 2. The molecule has 1 aromatic heterocycles. The second kappa shape index (κ2) is 6.69. The molecule has 1 N–H and O–H groups in total. The first-order valence-corrected chi connectivity index (χ1v) is 7.64. The Morgan fingerprint density at radius 3 is 2.79 bits per heavy atom. The number of aryl methyl sites for hydroxylation is 1. The highest BCUT2D eigenvalue weighted by Gasteiger charge is 2.25. The van der Waals surface area contributed by atoms with Crippen LogP contribution in [0.5, 0.6) is 0 Å². The molecule has 2 amide bonds. The number of hydrogen-bond acceptors (Lipinski definition) is 6. The number of carbonyl (C=O) groups excluding carboxylic acids is 2. The van der Waals surface area contributed by atoms with Crippen LogP contribution in [0.2, 0.25) is 0 Å². The van der Waals surface area contributed by atoms with Gasteiger partial charge in [-0.2, -0.15) is 4.98 Å². The van der Waals surface area contributed by atoms with Gasteiger partial charge in [-0.25, -0.2) is 4.79 Å². The summed E-state index contributed by atoms with van der Waals surface area (Å²) >= 11 is 0. The summed E-state index contributed by atoms with van der Waals surface area (Å²) in [6.07, 6.45) is -0.475. The van der Waals surface area contributed by atoms with Crippen LogP contribution in [0, 0.1) is 6.92 Å². The van der Waals surface area contributed by atoms with Gasteiger partial charge in [-0.1, -0.05) is 35.0 Å². The fraction of sp³-hybridized carbons (Fsp3) is 0.375. The van der Waals surface area contributed by atoms with E-state index in [1.165, 1.54) is 4.90 Å². The molecule has 1 aromatic carbocycles. The summed E-state index contributed by atoms with van der Waals surface area (Å²) in [7, 11) is 0. The summed E-state index contributed by atoms with van der Waals surface area (Å²) in [4.78, 5) is 29.0. The zero-order valence-electron chi connectivity index (χ0n) is 13.5. The van der Waals surface area contributed by atoms with Crippen LogP contribution < -0.4 is 5.32 Å². The second-order valence-corrected chi connectivity index (χ2v) is 5.65. The highest BCUT2D eigenvalue weighted by molar-refractivity contribution is 5.83. The van der Waals surface area contributed by atoms with Crippen LogP contribution in [0.25, 0.3) is 11.4 Å². The van der Waals surface area contributed by atoms with Gasteiger partial charge in [0.05, 0.1) is 6.54 Å². The van der Waals surface area contributed by atoms with Crippen LogP contribution in [0.3, 0.4) is 0 Å². The Labute approximate surface area is 138 Å². The van der Waals surface area contributed by atoms with Crippen LogP contribution in [0.1, 0.15) is 24.4 Å². The number of hydrogen-bond donors (Lipinski definition) is 1. The molecule has 8 heteroatoms. The monoisotopic (exact) mass is 330 g/mol. The van der Waals surface area contributed by atoms with Crippen LogP contribution >= 0.6 is 0 Å². The molecular formula is C16H18N4O4. The molecule has 3 rings (SSSR count). The van der Waals surface area contributed by atoms with Crippen molar-refractivity contribution in [2.75, 3.05) is 19.7 Å². The SMILES string of the molecule is Cc1ccc(-c2noc([C@@H](C)NC(=O)CN3CCOC3=O)n2)cc1. The van der Waals surface area contributed by atoms with Gasteiger partial charge in [-0.05, 0) is 13.8 Å². The van der Waals surface area contributed by atoms with Crippen molar-refractivity contribution >= 4 is 12.0 Å². The molecule has 2 aromatic rings. The summed E-state index contributed by atoms with van der Waals surface area (Å²) in [6, 6.07) is 7.29. The minimum absolute atomic E-state index is 0.0534. The zero-order valence-corrected chi connectivity index (χ0v) is 13.5. The smallest absolute Gasteiger partial charge is 0.410 e. The number of benzene rings is 1. The maximum absolute atomic E-state index is 12.0. The van der Waals surface area contributed by atoms with Gasteiger partial charge in [-0.3, -0.25) is 9.69 Å².